The second-order valence-electron chi connectivity index (χ2n) is 3.68. The number of methoxy groups -OCH3 is 1. The van der Waals surface area contributed by atoms with Gasteiger partial charge in [-0.25, -0.2) is 4.79 Å². The smallest absolute Gasteiger partial charge is 0.327 e. The van der Waals surface area contributed by atoms with Gasteiger partial charge in [-0.1, -0.05) is 23.7 Å². The lowest BCUT2D eigenvalue weighted by Crippen LogP contribution is -2.32. The highest BCUT2D eigenvalue weighted by Crippen LogP contribution is 2.17. The van der Waals surface area contributed by atoms with Gasteiger partial charge < -0.3 is 9.47 Å². The van der Waals surface area contributed by atoms with Crippen molar-refractivity contribution in [2.75, 3.05) is 26.9 Å². The summed E-state index contributed by atoms with van der Waals surface area (Å²) in [7, 11) is 1.61. The molecule has 1 aromatic carbocycles. The molecule has 0 saturated heterocycles. The van der Waals surface area contributed by atoms with Crippen molar-refractivity contribution in [2.24, 2.45) is 0 Å². The molecule has 0 spiro atoms. The molecular weight excluding hydrogens is 254 g/mol. The third-order valence-corrected chi connectivity index (χ3v) is 2.63. The van der Waals surface area contributed by atoms with Gasteiger partial charge in [0.1, 0.15) is 6.04 Å². The Morgan fingerprint density at radius 3 is 2.61 bits per heavy atom. The lowest BCUT2D eigenvalue weighted by atomic mass is 10.1. The van der Waals surface area contributed by atoms with Crippen LogP contribution in [0.5, 0.6) is 0 Å². The van der Waals surface area contributed by atoms with Crippen LogP contribution in [0.1, 0.15) is 18.5 Å². The van der Waals surface area contributed by atoms with Gasteiger partial charge in [0, 0.05) is 18.7 Å². The minimum absolute atomic E-state index is 0.295. The Balaban J connectivity index is 2.75. The van der Waals surface area contributed by atoms with Crippen LogP contribution in [0.25, 0.3) is 0 Å². The van der Waals surface area contributed by atoms with Gasteiger partial charge in [0.15, 0.2) is 0 Å². The van der Waals surface area contributed by atoms with Gasteiger partial charge in [-0.15, -0.1) is 0 Å². The first-order chi connectivity index (χ1) is 8.69. The second kappa shape index (κ2) is 8.08. The fraction of sp³-hybridized carbons (Fsp3) is 0.462. The van der Waals surface area contributed by atoms with Crippen molar-refractivity contribution in [3.05, 3.63) is 34.9 Å². The number of hydrogen-bond acceptors (Lipinski definition) is 4. The summed E-state index contributed by atoms with van der Waals surface area (Å²) in [5, 5.41) is 3.74. The largest absolute Gasteiger partial charge is 0.465 e. The molecule has 0 aliphatic rings. The van der Waals surface area contributed by atoms with E-state index >= 15 is 0 Å². The average molecular weight is 272 g/mol. The number of rotatable bonds is 7. The molecule has 0 aliphatic heterocycles. The number of esters is 1. The molecule has 1 aromatic rings. The quantitative estimate of drug-likeness (QED) is 0.610. The van der Waals surface area contributed by atoms with Crippen LogP contribution in [0, 0.1) is 0 Å². The number of benzene rings is 1. The van der Waals surface area contributed by atoms with Crippen molar-refractivity contribution < 1.29 is 14.3 Å². The molecule has 5 heteroatoms. The van der Waals surface area contributed by atoms with Gasteiger partial charge in [0.2, 0.25) is 0 Å². The Kier molecular flexibility index (Phi) is 6.72. The minimum atomic E-state index is -0.489. The van der Waals surface area contributed by atoms with Crippen molar-refractivity contribution in [3.63, 3.8) is 0 Å². The number of carbonyl (C=O) groups excluding carboxylic acids is 1. The van der Waals surface area contributed by atoms with E-state index in [1.807, 2.05) is 12.1 Å². The average Bonchev–Trinajstić information content (AvgIpc) is 2.36. The maximum Gasteiger partial charge on any atom is 0.327 e. The summed E-state index contributed by atoms with van der Waals surface area (Å²) < 4.78 is 10.00. The summed E-state index contributed by atoms with van der Waals surface area (Å²) in [6.45, 7) is 3.24. The van der Waals surface area contributed by atoms with Crippen LogP contribution >= 0.6 is 11.6 Å². The molecule has 18 heavy (non-hydrogen) atoms. The Morgan fingerprint density at radius 1 is 1.39 bits per heavy atom. The summed E-state index contributed by atoms with van der Waals surface area (Å²) in [5.41, 5.74) is 0.828. The molecule has 1 unspecified atom stereocenters. The van der Waals surface area contributed by atoms with Gasteiger partial charge in [0.05, 0.1) is 13.2 Å². The zero-order valence-electron chi connectivity index (χ0n) is 10.6. The molecule has 0 heterocycles. The number of hydrogen-bond donors (Lipinski definition) is 1. The molecule has 100 valence electrons. The van der Waals surface area contributed by atoms with Crippen molar-refractivity contribution in [1.29, 1.82) is 0 Å². The topological polar surface area (TPSA) is 47.6 Å². The van der Waals surface area contributed by atoms with Gasteiger partial charge in [-0.2, -0.15) is 0 Å². The van der Waals surface area contributed by atoms with E-state index in [0.717, 1.165) is 5.56 Å². The Hall–Kier alpha value is -1.10. The molecular formula is C13H18ClNO3. The number of carbonyl (C=O) groups is 1. The second-order valence-corrected chi connectivity index (χ2v) is 4.12. The lowest BCUT2D eigenvalue weighted by molar-refractivity contribution is -0.145. The van der Waals surface area contributed by atoms with Crippen LogP contribution in [-0.4, -0.2) is 32.8 Å². The number of halogens is 1. The number of ether oxygens (including phenoxy) is 2. The van der Waals surface area contributed by atoms with E-state index in [2.05, 4.69) is 5.32 Å². The molecule has 1 N–H and O–H groups in total. The van der Waals surface area contributed by atoms with Crippen molar-refractivity contribution in [1.82, 2.24) is 5.32 Å². The summed E-state index contributed by atoms with van der Waals surface area (Å²) in [5.74, 6) is -0.295. The maximum atomic E-state index is 11.9. The van der Waals surface area contributed by atoms with E-state index in [4.69, 9.17) is 21.1 Å². The van der Waals surface area contributed by atoms with Crippen LogP contribution < -0.4 is 5.32 Å². The Morgan fingerprint density at radius 2 is 2.06 bits per heavy atom. The summed E-state index contributed by atoms with van der Waals surface area (Å²) in [4.78, 5) is 11.9. The molecule has 0 fully saturated rings. The van der Waals surface area contributed by atoms with Gasteiger partial charge in [0.25, 0.3) is 0 Å². The van der Waals surface area contributed by atoms with Crippen LogP contribution in [-0.2, 0) is 14.3 Å². The predicted octanol–water partition coefficient (Wildman–Crippen LogP) is 2.18. The zero-order valence-corrected chi connectivity index (χ0v) is 11.4. The van der Waals surface area contributed by atoms with E-state index in [1.54, 1.807) is 26.2 Å². The van der Waals surface area contributed by atoms with Gasteiger partial charge in [-0.05, 0) is 24.6 Å². The molecule has 0 amide bonds. The summed E-state index contributed by atoms with van der Waals surface area (Å²) in [6, 6.07) is 6.63. The van der Waals surface area contributed by atoms with E-state index in [9.17, 15) is 4.79 Å². The zero-order chi connectivity index (χ0) is 13.4. The highest BCUT2D eigenvalue weighted by atomic mass is 35.5. The Bertz CT molecular complexity index is 367. The monoisotopic (exact) mass is 271 g/mol. The normalized spacial score (nSPS) is 12.2. The maximum absolute atomic E-state index is 11.9. The first-order valence-corrected chi connectivity index (χ1v) is 6.21. The van der Waals surface area contributed by atoms with Crippen molar-refractivity contribution in [3.8, 4) is 0 Å². The fourth-order valence-corrected chi connectivity index (χ4v) is 1.65. The summed E-state index contributed by atoms with van der Waals surface area (Å²) in [6.07, 6.45) is 0. The number of nitrogens with one attached hydrogen (secondary N) is 1. The summed E-state index contributed by atoms with van der Waals surface area (Å²) >= 11 is 5.83. The highest BCUT2D eigenvalue weighted by molar-refractivity contribution is 6.30. The van der Waals surface area contributed by atoms with Gasteiger partial charge in [-0.3, -0.25) is 5.32 Å². The van der Waals surface area contributed by atoms with Crippen LogP contribution in [0.15, 0.2) is 24.3 Å². The molecule has 0 radical (unpaired) electrons. The molecule has 1 atom stereocenters. The van der Waals surface area contributed by atoms with E-state index in [-0.39, 0.29) is 5.97 Å². The Labute approximate surface area is 112 Å². The molecule has 4 nitrogen and oxygen atoms in total. The predicted molar refractivity (Wildman–Crippen MR) is 70.7 cm³/mol. The highest BCUT2D eigenvalue weighted by Gasteiger charge is 2.20. The van der Waals surface area contributed by atoms with E-state index in [1.165, 1.54) is 0 Å². The van der Waals surface area contributed by atoms with Crippen LogP contribution in [0.2, 0.25) is 5.02 Å². The van der Waals surface area contributed by atoms with Crippen molar-refractivity contribution >= 4 is 17.6 Å². The third-order valence-electron chi connectivity index (χ3n) is 2.38. The van der Waals surface area contributed by atoms with E-state index < -0.39 is 6.04 Å². The van der Waals surface area contributed by atoms with Gasteiger partial charge >= 0.3 is 5.97 Å². The minimum Gasteiger partial charge on any atom is -0.465 e. The van der Waals surface area contributed by atoms with Crippen LogP contribution in [0.3, 0.4) is 0 Å². The standard InChI is InChI=1S/C13H18ClNO3/c1-3-18-13(16)12(15-8-9-17-2)10-4-6-11(14)7-5-10/h4-7,12,15H,3,8-9H2,1-2H3. The molecule has 0 bridgehead atoms. The third kappa shape index (κ3) is 4.64. The lowest BCUT2D eigenvalue weighted by Gasteiger charge is -2.17. The molecule has 0 aromatic heterocycles. The first-order valence-electron chi connectivity index (χ1n) is 5.83. The fourth-order valence-electron chi connectivity index (χ4n) is 1.52. The SMILES string of the molecule is CCOC(=O)C(NCCOC)c1ccc(Cl)cc1. The molecule has 1 rings (SSSR count). The van der Waals surface area contributed by atoms with E-state index in [0.29, 0.717) is 24.8 Å². The van der Waals surface area contributed by atoms with Crippen LogP contribution in [0.4, 0.5) is 0 Å². The first kappa shape index (κ1) is 15.0. The molecule has 0 saturated carbocycles. The molecule has 0 aliphatic carbocycles. The van der Waals surface area contributed by atoms with Crippen molar-refractivity contribution in [2.45, 2.75) is 13.0 Å².